The Morgan fingerprint density at radius 3 is 0.847 bits per heavy atom. The third kappa shape index (κ3) is 7.06. The summed E-state index contributed by atoms with van der Waals surface area (Å²) in [7, 11) is -7.98. The number of rotatable bonds is 8. The molecule has 2 aliphatic heterocycles. The van der Waals surface area contributed by atoms with Gasteiger partial charge in [-0.05, 0) is 71.8 Å². The molecule has 10 heteroatoms. The molecule has 2 aromatic heterocycles. The van der Waals surface area contributed by atoms with Crippen LogP contribution < -0.4 is 30.6 Å². The van der Waals surface area contributed by atoms with Gasteiger partial charge in [-0.1, -0.05) is 194 Å². The molecule has 0 N–H and O–H groups in total. The lowest BCUT2D eigenvalue weighted by Crippen LogP contribution is -2.39. The van der Waals surface area contributed by atoms with Crippen molar-refractivity contribution in [1.29, 1.82) is 0 Å². The predicted molar refractivity (Wildman–Crippen MR) is 294 cm³/mol. The van der Waals surface area contributed by atoms with Crippen molar-refractivity contribution in [2.24, 2.45) is 0 Å². The summed E-state index contributed by atoms with van der Waals surface area (Å²) < 4.78 is 38.7. The van der Waals surface area contributed by atoms with E-state index < -0.39 is 14.6 Å². The van der Waals surface area contributed by atoms with Crippen molar-refractivity contribution in [2.75, 3.05) is 9.34 Å². The Bertz CT molecular complexity index is 3570. The summed E-state index contributed by atoms with van der Waals surface area (Å²) in [5, 5.41) is 2.37. The smallest absolute Gasteiger partial charge is 0.237 e. The van der Waals surface area contributed by atoms with E-state index in [0.29, 0.717) is 78.4 Å². The van der Waals surface area contributed by atoms with Gasteiger partial charge < -0.3 is 0 Å². The number of nitrogens with zero attached hydrogens (tertiary/aromatic N) is 6. The van der Waals surface area contributed by atoms with Gasteiger partial charge in [0.05, 0.1) is 34.2 Å². The Balaban J connectivity index is 1.10. The Morgan fingerprint density at radius 1 is 0.278 bits per heavy atom. The highest BCUT2D eigenvalue weighted by Gasteiger charge is 2.49. The molecule has 2 unspecified atom stereocenters. The Hall–Kier alpha value is -8.80. The molecule has 342 valence electrons. The average molecular weight is 965 g/mol. The lowest BCUT2D eigenvalue weighted by molar-refractivity contribution is 0.585. The number of anilines is 4. The summed E-state index contributed by atoms with van der Waals surface area (Å²) in [6.45, 7) is 0. The fourth-order valence-corrected chi connectivity index (χ4v) is 16.0. The number of benzene rings is 9. The number of fused-ring (bicyclic) bond motifs is 6. The summed E-state index contributed by atoms with van der Waals surface area (Å²) >= 11 is 0. The fraction of sp³-hybridized carbons (Fsp3) is 0. The van der Waals surface area contributed by atoms with Gasteiger partial charge in [-0.25, -0.2) is 19.9 Å². The van der Waals surface area contributed by atoms with Gasteiger partial charge in [0.1, 0.15) is 0 Å². The minimum Gasteiger partial charge on any atom is -0.289 e. The van der Waals surface area contributed by atoms with E-state index in [9.17, 15) is 0 Å². The second kappa shape index (κ2) is 17.6. The molecule has 2 atom stereocenters. The molecule has 0 radical (unpaired) electrons. The molecule has 0 amide bonds. The molecule has 0 aliphatic carbocycles. The standard InChI is InChI=1S/C62H42N6O2P2/c69-71(47-31-15-5-16-32-47)59-39-52-50-36-20-22-38-58(50)68(62-65-55(45-27-11-3-12-28-45)42-56(66-62)46-29-13-4-14-30-46)72(70,48-33-17-6-18-34-48)60(52)40-51(59)49-35-19-21-37-57(49)67(71)61-63-53(43-23-7-1-8-24-43)41-54(64-61)44-25-9-2-10-26-44/h1-42H. The summed E-state index contributed by atoms with van der Waals surface area (Å²) in [6, 6.07) is 83.4. The van der Waals surface area contributed by atoms with Crippen LogP contribution in [0.5, 0.6) is 0 Å². The largest absolute Gasteiger partial charge is 0.289 e. The second-order valence-electron chi connectivity index (χ2n) is 17.7. The maximum Gasteiger partial charge on any atom is 0.237 e. The van der Waals surface area contributed by atoms with Crippen LogP contribution in [0.15, 0.2) is 255 Å². The van der Waals surface area contributed by atoms with E-state index in [2.05, 4.69) is 0 Å². The zero-order valence-corrected chi connectivity index (χ0v) is 40.4. The van der Waals surface area contributed by atoms with Crippen LogP contribution in [0.25, 0.3) is 67.3 Å². The van der Waals surface area contributed by atoms with E-state index in [1.807, 2.05) is 264 Å². The summed E-state index contributed by atoms with van der Waals surface area (Å²) in [6.07, 6.45) is 0. The summed E-state index contributed by atoms with van der Waals surface area (Å²) in [5.74, 6) is 0.592. The summed E-state index contributed by atoms with van der Waals surface area (Å²) in [4.78, 5) is 21.2. The molecule has 9 aromatic carbocycles. The maximum absolute atomic E-state index is 17.5. The number of hydrogen-bond donors (Lipinski definition) is 0. The van der Waals surface area contributed by atoms with E-state index in [-0.39, 0.29) is 0 Å². The molecule has 11 aromatic rings. The highest BCUT2D eigenvalue weighted by atomic mass is 31.2. The van der Waals surface area contributed by atoms with Gasteiger partial charge in [-0.15, -0.1) is 0 Å². The van der Waals surface area contributed by atoms with Crippen LogP contribution in [0.3, 0.4) is 0 Å². The number of hydrogen-bond acceptors (Lipinski definition) is 6. The van der Waals surface area contributed by atoms with Crippen LogP contribution in [-0.2, 0) is 9.13 Å². The third-order valence-corrected chi connectivity index (χ3v) is 19.4. The molecule has 0 fully saturated rings. The van der Waals surface area contributed by atoms with E-state index in [0.717, 1.165) is 33.4 Å². The first-order valence-electron chi connectivity index (χ1n) is 23.8. The maximum atomic E-state index is 17.5. The van der Waals surface area contributed by atoms with Gasteiger partial charge in [-0.3, -0.25) is 18.5 Å². The van der Waals surface area contributed by atoms with Gasteiger partial charge >= 0.3 is 0 Å². The number of para-hydroxylation sites is 2. The molecular weight excluding hydrogens is 923 g/mol. The molecule has 0 spiro atoms. The molecular formula is C62H42N6O2P2. The van der Waals surface area contributed by atoms with E-state index in [1.54, 1.807) is 0 Å². The number of aromatic nitrogens is 4. The van der Waals surface area contributed by atoms with Crippen LogP contribution in [-0.4, -0.2) is 19.9 Å². The predicted octanol–water partition coefficient (Wildman–Crippen LogP) is 14.0. The second-order valence-corrected chi connectivity index (χ2v) is 22.8. The normalized spacial score (nSPS) is 16.5. The molecule has 2 aliphatic rings. The quantitative estimate of drug-likeness (QED) is 0.139. The van der Waals surface area contributed by atoms with Crippen LogP contribution in [0.4, 0.5) is 23.3 Å². The van der Waals surface area contributed by atoms with Gasteiger partial charge in [0.15, 0.2) is 0 Å². The highest BCUT2D eigenvalue weighted by Crippen LogP contribution is 2.65. The first-order valence-corrected chi connectivity index (χ1v) is 27.1. The van der Waals surface area contributed by atoms with Gasteiger partial charge in [0.25, 0.3) is 0 Å². The van der Waals surface area contributed by atoms with E-state index >= 15 is 9.13 Å². The van der Waals surface area contributed by atoms with Crippen LogP contribution in [0.1, 0.15) is 0 Å². The van der Waals surface area contributed by atoms with Crippen molar-refractivity contribution in [3.05, 3.63) is 255 Å². The van der Waals surface area contributed by atoms with Crippen LogP contribution in [0.2, 0.25) is 0 Å². The lowest BCUT2D eigenvalue weighted by Gasteiger charge is -2.42. The van der Waals surface area contributed by atoms with Crippen LogP contribution >= 0.6 is 14.6 Å². The van der Waals surface area contributed by atoms with Crippen molar-refractivity contribution in [1.82, 2.24) is 19.9 Å². The minimum absolute atomic E-state index is 0.296. The van der Waals surface area contributed by atoms with Crippen molar-refractivity contribution in [3.8, 4) is 67.3 Å². The van der Waals surface area contributed by atoms with Crippen LogP contribution in [0, 0.1) is 0 Å². The SMILES string of the molecule is O=P1(c2ccccc2)c2cc3c(cc2-c2ccccc2N1c1nc(-c2ccccc2)cc(-c2ccccc2)n1)P(=O)(c1ccccc1)N(c1nc(-c2ccccc2)cc(-c2ccccc2)n1)c1ccccc1-3. The molecule has 0 saturated carbocycles. The monoisotopic (exact) mass is 964 g/mol. The van der Waals surface area contributed by atoms with E-state index in [1.165, 1.54) is 0 Å². The molecule has 13 rings (SSSR count). The highest BCUT2D eigenvalue weighted by molar-refractivity contribution is 7.81. The topological polar surface area (TPSA) is 92.2 Å². The molecule has 8 nitrogen and oxygen atoms in total. The van der Waals surface area contributed by atoms with E-state index in [4.69, 9.17) is 19.9 Å². The fourth-order valence-electron chi connectivity index (χ4n) is 10.1. The first kappa shape index (κ1) is 43.2. The molecule has 72 heavy (non-hydrogen) atoms. The molecule has 4 heterocycles. The molecule has 0 bridgehead atoms. The average Bonchev–Trinajstić information content (AvgIpc) is 3.46. The molecule has 0 saturated heterocycles. The van der Waals surface area contributed by atoms with Gasteiger partial charge in [0.2, 0.25) is 26.5 Å². The lowest BCUT2D eigenvalue weighted by atomic mass is 9.97. The summed E-state index contributed by atoms with van der Waals surface area (Å²) in [5.41, 5.74) is 10.7. The zero-order chi connectivity index (χ0) is 48.2. The first-order chi connectivity index (χ1) is 35.5. The third-order valence-electron chi connectivity index (χ3n) is 13.5. The Kier molecular flexibility index (Phi) is 10.5. The van der Waals surface area contributed by atoms with Crippen molar-refractivity contribution >= 4 is 59.1 Å². The van der Waals surface area contributed by atoms with Crippen molar-refractivity contribution < 1.29 is 9.13 Å². The zero-order valence-electron chi connectivity index (χ0n) is 38.6. The van der Waals surface area contributed by atoms with Crippen molar-refractivity contribution in [3.63, 3.8) is 0 Å². The minimum atomic E-state index is -3.99. The van der Waals surface area contributed by atoms with Crippen molar-refractivity contribution in [2.45, 2.75) is 0 Å². The van der Waals surface area contributed by atoms with Gasteiger partial charge in [0, 0.05) is 54.6 Å². The Morgan fingerprint density at radius 2 is 0.542 bits per heavy atom. The Labute approximate surface area is 417 Å². The van der Waals surface area contributed by atoms with Gasteiger partial charge in [-0.2, -0.15) is 0 Å².